The highest BCUT2D eigenvalue weighted by molar-refractivity contribution is 5.85. The molecule has 9 heteroatoms. The molecule has 0 aliphatic carbocycles. The molecule has 22 heavy (non-hydrogen) atoms. The van der Waals surface area contributed by atoms with Crippen LogP contribution in [0.15, 0.2) is 18.2 Å². The molecule has 2 atom stereocenters. The summed E-state index contributed by atoms with van der Waals surface area (Å²) in [7, 11) is 0. The number of benzene rings is 1. The van der Waals surface area contributed by atoms with E-state index in [1.54, 1.807) is 6.07 Å². The van der Waals surface area contributed by atoms with Crippen molar-refractivity contribution in [3.63, 3.8) is 0 Å². The van der Waals surface area contributed by atoms with Gasteiger partial charge in [0.15, 0.2) is 0 Å². The first kappa shape index (κ1) is 18.6. The minimum Gasteiger partial charge on any atom is -0.392 e. The van der Waals surface area contributed by atoms with E-state index in [0.717, 1.165) is 0 Å². The van der Waals surface area contributed by atoms with Crippen LogP contribution in [0.2, 0.25) is 0 Å². The first-order valence-corrected chi connectivity index (χ1v) is 6.45. The van der Waals surface area contributed by atoms with Gasteiger partial charge >= 0.3 is 0 Å². The largest absolute Gasteiger partial charge is 0.392 e. The molecular formula is C13H17Cl2FN4O2. The number of nitrogens with zero attached hydrogens (tertiary/aromatic N) is 1. The Morgan fingerprint density at radius 2 is 2.23 bits per heavy atom. The third kappa shape index (κ3) is 4.07. The molecule has 1 aliphatic heterocycles. The normalized spacial score (nSPS) is 20.3. The number of H-pyrrole nitrogens is 1. The number of hydrogen-bond donors (Lipinski definition) is 4. The van der Waals surface area contributed by atoms with Gasteiger partial charge in [0, 0.05) is 6.54 Å². The average molecular weight is 351 g/mol. The second kappa shape index (κ2) is 7.73. The second-order valence-electron chi connectivity index (χ2n) is 4.91. The molecule has 1 fully saturated rings. The zero-order valence-electron chi connectivity index (χ0n) is 11.5. The van der Waals surface area contributed by atoms with Crippen LogP contribution in [0.5, 0.6) is 0 Å². The molecule has 0 bridgehead atoms. The van der Waals surface area contributed by atoms with Crippen molar-refractivity contribution in [2.24, 2.45) is 0 Å². The fraction of sp³-hybridized carbons (Fsp3) is 0.385. The molecule has 1 aromatic heterocycles. The van der Waals surface area contributed by atoms with Gasteiger partial charge in [-0.2, -0.15) is 0 Å². The van der Waals surface area contributed by atoms with E-state index in [9.17, 15) is 14.3 Å². The van der Waals surface area contributed by atoms with Gasteiger partial charge in [-0.1, -0.05) is 0 Å². The van der Waals surface area contributed by atoms with Crippen LogP contribution in [-0.2, 0) is 11.3 Å². The lowest BCUT2D eigenvalue weighted by atomic mass is 10.2. The summed E-state index contributed by atoms with van der Waals surface area (Å²) in [6.07, 6.45) is -0.0584. The molecule has 2 unspecified atom stereocenters. The molecule has 2 heterocycles. The third-order valence-electron chi connectivity index (χ3n) is 3.35. The summed E-state index contributed by atoms with van der Waals surface area (Å²) < 4.78 is 13.1. The summed E-state index contributed by atoms with van der Waals surface area (Å²) >= 11 is 0. The summed E-state index contributed by atoms with van der Waals surface area (Å²) in [6, 6.07) is 3.92. The number of halogens is 3. The van der Waals surface area contributed by atoms with Crippen molar-refractivity contribution in [1.29, 1.82) is 0 Å². The quantitative estimate of drug-likeness (QED) is 0.661. The van der Waals surface area contributed by atoms with Gasteiger partial charge in [0.05, 0.1) is 29.7 Å². The van der Waals surface area contributed by atoms with Crippen LogP contribution in [0.25, 0.3) is 11.0 Å². The highest BCUT2D eigenvalue weighted by atomic mass is 35.5. The molecule has 6 nitrogen and oxygen atoms in total. The van der Waals surface area contributed by atoms with E-state index >= 15 is 0 Å². The first-order chi connectivity index (χ1) is 9.61. The molecule has 1 saturated heterocycles. The number of aromatic nitrogens is 2. The van der Waals surface area contributed by atoms with Gasteiger partial charge < -0.3 is 20.7 Å². The number of β-amino-alcohol motifs (C(OH)–C–C–N with tert-alkyl or cyclic N) is 1. The summed E-state index contributed by atoms with van der Waals surface area (Å²) in [5.41, 5.74) is 1.26. The lowest BCUT2D eigenvalue weighted by Gasteiger charge is -2.09. The Morgan fingerprint density at radius 3 is 2.91 bits per heavy atom. The Hall–Kier alpha value is -1.41. The summed E-state index contributed by atoms with van der Waals surface area (Å²) in [4.78, 5) is 19.1. The topological polar surface area (TPSA) is 90.0 Å². The van der Waals surface area contributed by atoms with Crippen molar-refractivity contribution >= 4 is 41.8 Å². The number of aliphatic hydroxyl groups excluding tert-OH is 1. The molecule has 1 amide bonds. The number of rotatable bonds is 3. The van der Waals surface area contributed by atoms with E-state index in [2.05, 4.69) is 20.6 Å². The van der Waals surface area contributed by atoms with Crippen LogP contribution in [0.3, 0.4) is 0 Å². The number of amides is 1. The lowest BCUT2D eigenvalue weighted by Crippen LogP contribution is -2.40. The summed E-state index contributed by atoms with van der Waals surface area (Å²) in [5, 5.41) is 15.0. The van der Waals surface area contributed by atoms with Crippen LogP contribution in [0, 0.1) is 5.82 Å². The van der Waals surface area contributed by atoms with Crippen molar-refractivity contribution in [2.45, 2.75) is 25.1 Å². The third-order valence-corrected chi connectivity index (χ3v) is 3.35. The number of aromatic amines is 1. The Morgan fingerprint density at radius 1 is 1.45 bits per heavy atom. The standard InChI is InChI=1S/C13H15FN4O2.2ClH/c14-7-1-2-9-10(3-7)18-12(17-9)6-16-13(20)11-4-8(19)5-15-11;;/h1-3,8,11,15,19H,4-6H2,(H,16,20)(H,17,18);2*1H. The maximum atomic E-state index is 13.1. The van der Waals surface area contributed by atoms with Crippen molar-refractivity contribution in [3.8, 4) is 0 Å². The van der Waals surface area contributed by atoms with Crippen LogP contribution in [-0.4, -0.2) is 39.7 Å². The highest BCUT2D eigenvalue weighted by Gasteiger charge is 2.27. The molecule has 0 radical (unpaired) electrons. The Labute approximate surface area is 138 Å². The van der Waals surface area contributed by atoms with E-state index in [1.165, 1.54) is 12.1 Å². The number of carbonyl (C=O) groups excluding carboxylic acids is 1. The first-order valence-electron chi connectivity index (χ1n) is 6.45. The second-order valence-corrected chi connectivity index (χ2v) is 4.91. The van der Waals surface area contributed by atoms with Gasteiger partial charge in [-0.25, -0.2) is 9.37 Å². The van der Waals surface area contributed by atoms with E-state index in [-0.39, 0.29) is 49.1 Å². The number of fused-ring (bicyclic) bond motifs is 1. The number of hydrogen-bond acceptors (Lipinski definition) is 4. The van der Waals surface area contributed by atoms with Gasteiger partial charge in [-0.05, 0) is 24.6 Å². The minimum atomic E-state index is -0.472. The molecule has 0 spiro atoms. The van der Waals surface area contributed by atoms with Gasteiger partial charge in [0.2, 0.25) is 5.91 Å². The van der Waals surface area contributed by atoms with Gasteiger partial charge in [0.1, 0.15) is 11.6 Å². The Bertz CT molecular complexity index is 652. The van der Waals surface area contributed by atoms with Gasteiger partial charge in [0.25, 0.3) is 0 Å². The summed E-state index contributed by atoms with van der Waals surface area (Å²) in [5.74, 6) is 0.0616. The fourth-order valence-corrected chi connectivity index (χ4v) is 2.33. The van der Waals surface area contributed by atoms with Crippen LogP contribution >= 0.6 is 24.8 Å². The maximum absolute atomic E-state index is 13.1. The van der Waals surface area contributed by atoms with Crippen LogP contribution < -0.4 is 10.6 Å². The van der Waals surface area contributed by atoms with Crippen LogP contribution in [0.4, 0.5) is 4.39 Å². The van der Waals surface area contributed by atoms with E-state index < -0.39 is 6.10 Å². The average Bonchev–Trinajstić information content (AvgIpc) is 3.01. The number of carbonyl (C=O) groups is 1. The molecule has 0 saturated carbocycles. The molecule has 2 aromatic rings. The van der Waals surface area contributed by atoms with Gasteiger partial charge in [-0.15, -0.1) is 24.8 Å². The molecule has 4 N–H and O–H groups in total. The molecule has 1 aromatic carbocycles. The Kier molecular flexibility index (Phi) is 6.55. The van der Waals surface area contributed by atoms with Gasteiger partial charge in [-0.3, -0.25) is 4.79 Å². The monoisotopic (exact) mass is 350 g/mol. The Balaban J connectivity index is 0.00000121. The zero-order valence-corrected chi connectivity index (χ0v) is 13.1. The predicted molar refractivity (Wildman–Crippen MR) is 84.8 cm³/mol. The number of aliphatic hydroxyl groups is 1. The molecule has 122 valence electrons. The predicted octanol–water partition coefficient (Wildman–Crippen LogP) is 0.885. The smallest absolute Gasteiger partial charge is 0.237 e. The van der Waals surface area contributed by atoms with Crippen molar-refractivity contribution in [2.75, 3.05) is 6.54 Å². The van der Waals surface area contributed by atoms with E-state index in [0.29, 0.717) is 29.8 Å². The fourth-order valence-electron chi connectivity index (χ4n) is 2.33. The van der Waals surface area contributed by atoms with Crippen molar-refractivity contribution in [3.05, 3.63) is 29.8 Å². The summed E-state index contributed by atoms with van der Waals surface area (Å²) in [6.45, 7) is 0.672. The van der Waals surface area contributed by atoms with Crippen LogP contribution in [0.1, 0.15) is 12.2 Å². The number of nitrogens with one attached hydrogen (secondary N) is 3. The lowest BCUT2D eigenvalue weighted by molar-refractivity contribution is -0.123. The van der Waals surface area contributed by atoms with Crippen molar-refractivity contribution < 1.29 is 14.3 Å². The van der Waals surface area contributed by atoms with E-state index in [4.69, 9.17) is 0 Å². The molecule has 3 rings (SSSR count). The SMILES string of the molecule is Cl.Cl.O=C(NCc1nc2ccc(F)cc2[nH]1)C1CC(O)CN1. The van der Waals surface area contributed by atoms with Crippen molar-refractivity contribution in [1.82, 2.24) is 20.6 Å². The van der Waals surface area contributed by atoms with E-state index in [1.807, 2.05) is 0 Å². The highest BCUT2D eigenvalue weighted by Crippen LogP contribution is 2.13. The number of imidazole rings is 1. The minimum absolute atomic E-state index is 0. The molecular weight excluding hydrogens is 334 g/mol. The zero-order chi connectivity index (χ0) is 14.1. The maximum Gasteiger partial charge on any atom is 0.237 e. The molecule has 1 aliphatic rings.